The molecule has 0 aromatic heterocycles. The molecule has 2 nitrogen and oxygen atoms in total. The van der Waals surface area contributed by atoms with Gasteiger partial charge in [0.25, 0.3) is 0 Å². The predicted octanol–water partition coefficient (Wildman–Crippen LogP) is 2.40. The van der Waals surface area contributed by atoms with Gasteiger partial charge in [-0.05, 0) is 25.4 Å². The quantitative estimate of drug-likeness (QED) is 0.529. The second kappa shape index (κ2) is 11.0. The zero-order valence-corrected chi connectivity index (χ0v) is 10.2. The zero-order valence-electron chi connectivity index (χ0n) is 10.2. The molecular formula is C12H28N2. The van der Waals surface area contributed by atoms with Crippen molar-refractivity contribution in [2.75, 3.05) is 26.2 Å². The summed E-state index contributed by atoms with van der Waals surface area (Å²) in [5, 5.41) is 6.84. The minimum absolute atomic E-state index is 0.886. The first-order valence-electron chi connectivity index (χ1n) is 6.26. The van der Waals surface area contributed by atoms with E-state index in [0.29, 0.717) is 0 Å². The van der Waals surface area contributed by atoms with Crippen LogP contribution in [-0.4, -0.2) is 26.2 Å². The molecule has 0 fully saturated rings. The van der Waals surface area contributed by atoms with Crippen molar-refractivity contribution in [3.8, 4) is 0 Å². The monoisotopic (exact) mass is 200 g/mol. The fourth-order valence-corrected chi connectivity index (χ4v) is 1.60. The molecule has 0 aromatic rings. The molecule has 0 aliphatic rings. The summed E-state index contributed by atoms with van der Waals surface area (Å²) in [6.45, 7) is 11.2. The van der Waals surface area contributed by atoms with Gasteiger partial charge < -0.3 is 10.6 Å². The normalized spacial score (nSPS) is 13.1. The number of hydrogen-bond donors (Lipinski definition) is 2. The second-order valence-corrected chi connectivity index (χ2v) is 3.97. The number of likely N-dealkylation sites (N-methyl/N-ethyl adjacent to an activating group) is 1. The van der Waals surface area contributed by atoms with E-state index in [1.54, 1.807) is 0 Å². The molecule has 1 unspecified atom stereocenters. The molecular weight excluding hydrogens is 172 g/mol. The van der Waals surface area contributed by atoms with Gasteiger partial charge in [-0.2, -0.15) is 0 Å². The smallest absolute Gasteiger partial charge is 0.00768 e. The van der Waals surface area contributed by atoms with Crippen LogP contribution < -0.4 is 10.6 Å². The zero-order chi connectivity index (χ0) is 10.6. The highest BCUT2D eigenvalue weighted by atomic mass is 14.9. The van der Waals surface area contributed by atoms with Gasteiger partial charge >= 0.3 is 0 Å². The van der Waals surface area contributed by atoms with Crippen LogP contribution in [0, 0.1) is 5.92 Å². The van der Waals surface area contributed by atoms with Gasteiger partial charge in [0, 0.05) is 13.1 Å². The highest BCUT2D eigenvalue weighted by molar-refractivity contribution is 4.61. The Morgan fingerprint density at radius 3 is 2.29 bits per heavy atom. The third-order valence-corrected chi connectivity index (χ3v) is 2.70. The molecule has 2 heteroatoms. The number of hydrogen-bond acceptors (Lipinski definition) is 2. The lowest BCUT2D eigenvalue weighted by Crippen LogP contribution is -2.30. The third kappa shape index (κ3) is 8.52. The largest absolute Gasteiger partial charge is 0.316 e. The summed E-state index contributed by atoms with van der Waals surface area (Å²) in [4.78, 5) is 0. The lowest BCUT2D eigenvalue weighted by Gasteiger charge is -2.15. The van der Waals surface area contributed by atoms with Crippen molar-refractivity contribution in [1.29, 1.82) is 0 Å². The molecule has 0 aliphatic carbocycles. The van der Waals surface area contributed by atoms with E-state index in [9.17, 15) is 0 Å². The van der Waals surface area contributed by atoms with Crippen LogP contribution in [0.25, 0.3) is 0 Å². The van der Waals surface area contributed by atoms with Gasteiger partial charge in [0.1, 0.15) is 0 Å². The van der Waals surface area contributed by atoms with E-state index in [0.717, 1.165) is 25.6 Å². The number of nitrogens with one attached hydrogen (secondary N) is 2. The van der Waals surface area contributed by atoms with Gasteiger partial charge in [0.2, 0.25) is 0 Å². The summed E-state index contributed by atoms with van der Waals surface area (Å²) in [6.07, 6.45) is 5.41. The highest BCUT2D eigenvalue weighted by Crippen LogP contribution is 2.10. The van der Waals surface area contributed by atoms with Crippen LogP contribution in [0.3, 0.4) is 0 Å². The van der Waals surface area contributed by atoms with Crippen LogP contribution in [0.1, 0.15) is 46.5 Å². The predicted molar refractivity (Wildman–Crippen MR) is 64.7 cm³/mol. The lowest BCUT2D eigenvalue weighted by atomic mass is 9.99. The molecule has 1 atom stereocenters. The number of rotatable bonds is 10. The molecule has 0 aliphatic heterocycles. The van der Waals surface area contributed by atoms with Gasteiger partial charge in [-0.15, -0.1) is 0 Å². The highest BCUT2D eigenvalue weighted by Gasteiger charge is 2.03. The van der Waals surface area contributed by atoms with Gasteiger partial charge in [-0.25, -0.2) is 0 Å². The van der Waals surface area contributed by atoms with E-state index in [1.807, 2.05) is 0 Å². The molecule has 0 amide bonds. The maximum absolute atomic E-state index is 3.52. The van der Waals surface area contributed by atoms with Gasteiger partial charge in [0.15, 0.2) is 0 Å². The van der Waals surface area contributed by atoms with Crippen LogP contribution in [0.2, 0.25) is 0 Å². The molecule has 0 aromatic carbocycles. The summed E-state index contributed by atoms with van der Waals surface area (Å²) in [5.41, 5.74) is 0. The van der Waals surface area contributed by atoms with Crippen molar-refractivity contribution in [1.82, 2.24) is 10.6 Å². The first-order chi connectivity index (χ1) is 6.85. The van der Waals surface area contributed by atoms with Crippen molar-refractivity contribution in [3.63, 3.8) is 0 Å². The van der Waals surface area contributed by atoms with E-state index >= 15 is 0 Å². The summed E-state index contributed by atoms with van der Waals surface area (Å²) in [5.74, 6) is 0.886. The molecule has 0 radical (unpaired) electrons. The van der Waals surface area contributed by atoms with Crippen LogP contribution >= 0.6 is 0 Å². The van der Waals surface area contributed by atoms with E-state index in [2.05, 4.69) is 31.4 Å². The van der Waals surface area contributed by atoms with Crippen LogP contribution in [-0.2, 0) is 0 Å². The molecule has 0 rings (SSSR count). The van der Waals surface area contributed by atoms with E-state index in [-0.39, 0.29) is 0 Å². The Labute approximate surface area is 89.9 Å². The first kappa shape index (κ1) is 13.9. The Morgan fingerprint density at radius 2 is 1.71 bits per heavy atom. The Hall–Kier alpha value is -0.0800. The van der Waals surface area contributed by atoms with Gasteiger partial charge in [0.05, 0.1) is 0 Å². The summed E-state index contributed by atoms with van der Waals surface area (Å²) in [7, 11) is 0. The standard InChI is InChI=1S/C12H28N2/c1-4-7-8-12(5-2)11-14-10-9-13-6-3/h12-14H,4-11H2,1-3H3. The molecule has 0 saturated heterocycles. The van der Waals surface area contributed by atoms with Crippen molar-refractivity contribution >= 4 is 0 Å². The van der Waals surface area contributed by atoms with E-state index in [1.165, 1.54) is 32.2 Å². The Bertz CT molecular complexity index is 104. The minimum Gasteiger partial charge on any atom is -0.316 e. The fourth-order valence-electron chi connectivity index (χ4n) is 1.60. The van der Waals surface area contributed by atoms with Crippen LogP contribution in [0.4, 0.5) is 0 Å². The third-order valence-electron chi connectivity index (χ3n) is 2.70. The van der Waals surface area contributed by atoms with Crippen LogP contribution in [0.15, 0.2) is 0 Å². The van der Waals surface area contributed by atoms with Gasteiger partial charge in [-0.3, -0.25) is 0 Å². The van der Waals surface area contributed by atoms with Crippen molar-refractivity contribution in [2.24, 2.45) is 5.92 Å². The minimum atomic E-state index is 0.886. The fraction of sp³-hybridized carbons (Fsp3) is 1.00. The molecule has 86 valence electrons. The topological polar surface area (TPSA) is 24.1 Å². The molecule has 14 heavy (non-hydrogen) atoms. The average Bonchev–Trinajstić information content (AvgIpc) is 2.22. The lowest BCUT2D eigenvalue weighted by molar-refractivity contribution is 0.419. The second-order valence-electron chi connectivity index (χ2n) is 3.97. The Kier molecular flexibility index (Phi) is 10.9. The molecule has 0 spiro atoms. The first-order valence-corrected chi connectivity index (χ1v) is 6.26. The van der Waals surface area contributed by atoms with Crippen molar-refractivity contribution in [3.05, 3.63) is 0 Å². The molecule has 0 saturated carbocycles. The van der Waals surface area contributed by atoms with Crippen molar-refractivity contribution in [2.45, 2.75) is 46.5 Å². The maximum atomic E-state index is 3.52. The average molecular weight is 200 g/mol. The molecule has 2 N–H and O–H groups in total. The van der Waals surface area contributed by atoms with Crippen LogP contribution in [0.5, 0.6) is 0 Å². The van der Waals surface area contributed by atoms with E-state index in [4.69, 9.17) is 0 Å². The number of unbranched alkanes of at least 4 members (excludes halogenated alkanes) is 1. The Morgan fingerprint density at radius 1 is 1.00 bits per heavy atom. The molecule has 0 bridgehead atoms. The maximum Gasteiger partial charge on any atom is 0.00768 e. The SMILES string of the molecule is CCCCC(CC)CNCCNCC. The summed E-state index contributed by atoms with van der Waals surface area (Å²) >= 11 is 0. The molecule has 0 heterocycles. The Balaban J connectivity index is 3.24. The summed E-state index contributed by atoms with van der Waals surface area (Å²) < 4.78 is 0. The van der Waals surface area contributed by atoms with Gasteiger partial charge in [-0.1, -0.05) is 40.0 Å². The summed E-state index contributed by atoms with van der Waals surface area (Å²) in [6, 6.07) is 0. The van der Waals surface area contributed by atoms with Crippen molar-refractivity contribution < 1.29 is 0 Å². The van der Waals surface area contributed by atoms with E-state index < -0.39 is 0 Å².